The lowest BCUT2D eigenvalue weighted by Crippen LogP contribution is -2.63. The summed E-state index contributed by atoms with van der Waals surface area (Å²) in [6.07, 6.45) is 1.18. The lowest BCUT2D eigenvalue weighted by Gasteiger charge is -2.50. The number of aliphatic hydroxyl groups excluding tert-OH is 2. The van der Waals surface area contributed by atoms with Crippen molar-refractivity contribution in [2.75, 3.05) is 26.5 Å². The summed E-state index contributed by atoms with van der Waals surface area (Å²) in [7, 11) is 4.26. The van der Waals surface area contributed by atoms with Crippen LogP contribution in [0.1, 0.15) is 43.3 Å². The van der Waals surface area contributed by atoms with Gasteiger partial charge in [0.05, 0.1) is 30.5 Å². The number of carbonyl (C=O) groups is 5. The summed E-state index contributed by atoms with van der Waals surface area (Å²) in [4.78, 5) is 66.7. The van der Waals surface area contributed by atoms with Gasteiger partial charge in [-0.05, 0) is 73.8 Å². The minimum absolute atomic E-state index is 0.000477. The van der Waals surface area contributed by atoms with Crippen molar-refractivity contribution in [2.45, 2.75) is 24.5 Å². The number of aliphatic hydroxyl groups is 3. The normalized spacial score (nSPS) is 23.4. The highest BCUT2D eigenvalue weighted by atomic mass is 16.5. The molecular weight excluding hydrogens is 628 g/mol. The average Bonchev–Trinajstić information content (AvgIpc) is 3.57. The van der Waals surface area contributed by atoms with Crippen LogP contribution in [-0.4, -0.2) is 92.7 Å². The number of phenols is 1. The van der Waals surface area contributed by atoms with Gasteiger partial charge in [0.15, 0.2) is 11.4 Å². The van der Waals surface area contributed by atoms with Crippen LogP contribution in [0.5, 0.6) is 5.75 Å². The number of likely N-dealkylation sites (N-methyl/N-ethyl adjacent to an activating group) is 1. The van der Waals surface area contributed by atoms with Crippen LogP contribution in [-0.2, 0) is 20.7 Å². The average molecular weight is 659 g/mol. The largest absolute Gasteiger partial charge is 0.510 e. The van der Waals surface area contributed by atoms with E-state index in [9.17, 15) is 44.4 Å². The van der Waals surface area contributed by atoms with E-state index < -0.39 is 75.7 Å². The zero-order valence-corrected chi connectivity index (χ0v) is 25.8. The second kappa shape index (κ2) is 11.5. The fourth-order valence-electron chi connectivity index (χ4n) is 7.14. The van der Waals surface area contributed by atoms with Crippen molar-refractivity contribution in [1.82, 2.24) is 10.1 Å². The van der Waals surface area contributed by atoms with Crippen molar-refractivity contribution in [1.29, 1.82) is 0 Å². The van der Waals surface area contributed by atoms with Crippen LogP contribution in [0.4, 0.5) is 5.69 Å². The van der Waals surface area contributed by atoms with E-state index in [0.29, 0.717) is 16.7 Å². The van der Waals surface area contributed by atoms with Crippen molar-refractivity contribution in [3.05, 3.63) is 87.7 Å². The first-order valence-electron chi connectivity index (χ1n) is 14.7. The predicted molar refractivity (Wildman–Crippen MR) is 165 cm³/mol. The number of nitrogens with one attached hydrogen (secondary N) is 1. The molecule has 0 radical (unpaired) electrons. The number of esters is 1. The van der Waals surface area contributed by atoms with E-state index >= 15 is 0 Å². The van der Waals surface area contributed by atoms with Gasteiger partial charge in [0.25, 0.3) is 11.8 Å². The van der Waals surface area contributed by atoms with Crippen LogP contribution in [0, 0.1) is 11.8 Å². The number of hydrogen-bond acceptors (Lipinski definition) is 13. The van der Waals surface area contributed by atoms with Gasteiger partial charge in [-0.1, -0.05) is 11.2 Å². The molecule has 7 N–H and O–H groups in total. The molecule has 0 saturated heterocycles. The Kier molecular flexibility index (Phi) is 7.68. The molecule has 1 aromatic heterocycles. The summed E-state index contributed by atoms with van der Waals surface area (Å²) in [5, 5.41) is 51.4. The number of allylic oxidation sites excluding steroid dienone is 1. The molecule has 0 spiro atoms. The molecule has 3 aliphatic rings. The van der Waals surface area contributed by atoms with E-state index in [2.05, 4.69) is 10.5 Å². The predicted octanol–water partition coefficient (Wildman–Crippen LogP) is 1.81. The van der Waals surface area contributed by atoms with Gasteiger partial charge in [-0.2, -0.15) is 0 Å². The first kappa shape index (κ1) is 32.2. The fourth-order valence-corrected chi connectivity index (χ4v) is 7.14. The number of fused-ring (bicyclic) bond motifs is 3. The van der Waals surface area contributed by atoms with E-state index in [0.717, 1.165) is 0 Å². The standard InChI is InChI=1S/C33H30N4O11/c1-37(2)25-19-12-14-11-18-17(13-8-15(32(45)47-3)10-16(9-13)36-31(44)21-6-7-35-48-21)4-5-20(38)23(18)26(39)22(14)28(41)33(19,46)29(42)24(27(25)40)30(34)43/h4-10,14,19,25,38,40-41,46H,11-12H2,1-3H3,(H2,34,43)(H,36,44)/t14-,19+,25-,33-/m0/s1. The Balaban J connectivity index is 1.50. The molecule has 15 nitrogen and oxygen atoms in total. The van der Waals surface area contributed by atoms with Crippen molar-refractivity contribution >= 4 is 35.0 Å². The molecule has 0 saturated carbocycles. The molecule has 0 aliphatic heterocycles. The van der Waals surface area contributed by atoms with E-state index in [1.54, 1.807) is 0 Å². The number of ketones is 2. The summed E-state index contributed by atoms with van der Waals surface area (Å²) in [6.45, 7) is 0. The number of nitrogens with two attached hydrogens (primary N) is 1. The summed E-state index contributed by atoms with van der Waals surface area (Å²) < 4.78 is 9.81. The highest BCUT2D eigenvalue weighted by Gasteiger charge is 2.63. The number of ether oxygens (including phenoxy) is 1. The van der Waals surface area contributed by atoms with E-state index in [1.807, 2.05) is 0 Å². The Morgan fingerprint density at radius 2 is 1.83 bits per heavy atom. The third-order valence-electron chi connectivity index (χ3n) is 9.19. The first-order chi connectivity index (χ1) is 22.7. The zero-order chi connectivity index (χ0) is 34.8. The number of benzene rings is 2. The van der Waals surface area contributed by atoms with E-state index in [1.165, 1.54) is 68.7 Å². The number of phenolic OH excluding ortho intramolecular Hbond substituents is 1. The monoisotopic (exact) mass is 658 g/mol. The molecule has 1 heterocycles. The number of hydrogen-bond donors (Lipinski definition) is 6. The number of primary amides is 1. The lowest BCUT2D eigenvalue weighted by atomic mass is 9.58. The van der Waals surface area contributed by atoms with E-state index in [-0.39, 0.29) is 41.0 Å². The molecule has 2 aromatic carbocycles. The second-order valence-corrected chi connectivity index (χ2v) is 12.1. The van der Waals surface area contributed by atoms with Gasteiger partial charge >= 0.3 is 5.97 Å². The lowest BCUT2D eigenvalue weighted by molar-refractivity contribution is -0.148. The molecule has 6 rings (SSSR count). The summed E-state index contributed by atoms with van der Waals surface area (Å²) in [5.41, 5.74) is 2.46. The number of aromatic hydroxyl groups is 1. The zero-order valence-electron chi connectivity index (χ0n) is 25.8. The van der Waals surface area contributed by atoms with Gasteiger partial charge in [-0.25, -0.2) is 4.79 Å². The van der Waals surface area contributed by atoms with Crippen molar-refractivity contribution < 1.29 is 53.7 Å². The van der Waals surface area contributed by atoms with Gasteiger partial charge < -0.3 is 40.7 Å². The van der Waals surface area contributed by atoms with Crippen molar-refractivity contribution in [3.63, 3.8) is 0 Å². The SMILES string of the molecule is COC(=O)c1cc(NC(=O)c2ccno2)cc(-c2ccc(O)c3c2C[C@H]2C[C@@H]4[C@H](N(C)C)C(O)=C(C(N)=O)C(=O)[C@@]4(O)C(O)=C2C3=O)c1. The maximum Gasteiger partial charge on any atom is 0.337 e. The summed E-state index contributed by atoms with van der Waals surface area (Å²) >= 11 is 0. The van der Waals surface area contributed by atoms with Crippen LogP contribution in [0.25, 0.3) is 11.1 Å². The Morgan fingerprint density at radius 1 is 1.10 bits per heavy atom. The Morgan fingerprint density at radius 3 is 2.46 bits per heavy atom. The molecule has 3 aliphatic carbocycles. The van der Waals surface area contributed by atoms with E-state index in [4.69, 9.17) is 15.0 Å². The van der Waals surface area contributed by atoms with Gasteiger partial charge in [0.2, 0.25) is 11.5 Å². The minimum atomic E-state index is -2.77. The second-order valence-electron chi connectivity index (χ2n) is 12.1. The van der Waals surface area contributed by atoms with Crippen molar-refractivity contribution in [2.24, 2.45) is 17.6 Å². The molecule has 0 fully saturated rings. The van der Waals surface area contributed by atoms with Gasteiger partial charge in [0, 0.05) is 23.2 Å². The Bertz CT molecular complexity index is 2000. The van der Waals surface area contributed by atoms with Crippen LogP contribution in [0.2, 0.25) is 0 Å². The topological polar surface area (TPSA) is 243 Å². The number of anilines is 1. The maximum atomic E-state index is 14.1. The molecule has 0 unspecified atom stereocenters. The molecule has 2 amide bonds. The number of rotatable bonds is 6. The number of aromatic nitrogens is 1. The fraction of sp³-hybridized carbons (Fsp3) is 0.273. The Hall–Kier alpha value is -5.80. The molecule has 3 aromatic rings. The highest BCUT2D eigenvalue weighted by molar-refractivity contribution is 6.25. The molecule has 0 bridgehead atoms. The molecule has 4 atom stereocenters. The summed E-state index contributed by atoms with van der Waals surface area (Å²) in [6, 6.07) is 7.35. The quantitative estimate of drug-likeness (QED) is 0.164. The smallest absolute Gasteiger partial charge is 0.337 e. The van der Waals surface area contributed by atoms with Gasteiger partial charge in [-0.3, -0.25) is 24.1 Å². The van der Waals surface area contributed by atoms with Crippen LogP contribution in [0.3, 0.4) is 0 Å². The van der Waals surface area contributed by atoms with Gasteiger partial charge in [0.1, 0.15) is 22.8 Å². The third-order valence-corrected chi connectivity index (χ3v) is 9.19. The first-order valence-corrected chi connectivity index (χ1v) is 14.7. The molecule has 48 heavy (non-hydrogen) atoms. The number of methoxy groups -OCH3 is 1. The molecule has 248 valence electrons. The molecular formula is C33H30N4O11. The van der Waals surface area contributed by atoms with Crippen molar-refractivity contribution in [3.8, 4) is 16.9 Å². The number of nitrogens with zero attached hydrogens (tertiary/aromatic N) is 2. The maximum absolute atomic E-state index is 14.1. The number of carbonyl (C=O) groups excluding carboxylic acids is 5. The summed E-state index contributed by atoms with van der Waals surface area (Å²) in [5.74, 6) is -9.15. The minimum Gasteiger partial charge on any atom is -0.510 e. The van der Waals surface area contributed by atoms with Crippen LogP contribution < -0.4 is 11.1 Å². The third kappa shape index (κ3) is 4.74. The number of amides is 2. The number of Topliss-reactive ketones (excluding diaryl/α,β-unsaturated/α-hetero) is 2. The molecule has 15 heteroatoms. The Labute approximate surface area is 271 Å². The highest BCUT2D eigenvalue weighted by Crippen LogP contribution is 2.53. The van der Waals surface area contributed by atoms with Gasteiger partial charge in [-0.15, -0.1) is 0 Å². The van der Waals surface area contributed by atoms with Crippen LogP contribution in [0.15, 0.2) is 69.8 Å². The van der Waals surface area contributed by atoms with Crippen LogP contribution >= 0.6 is 0 Å².